The number of aryl methyl sites for hydroxylation is 1. The zero-order valence-corrected chi connectivity index (χ0v) is 21.5. The molecule has 5 rings (SSSR count). The molecule has 0 radical (unpaired) electrons. The summed E-state index contributed by atoms with van der Waals surface area (Å²) in [6.45, 7) is 4.52. The standard InChI is InChI=1S/C28H26F7N3O2/c1-15-7-21(29)3-4-22(15)25-23-13-38(24-11-36-5-6-37-24)12-18(23)14-39-26(25)40-16(2)17-8-19(27(30,31)32)10-20(9-17)28(33,34)35/h3-11,16,18,23,25-26H,12-14H2,1-2H3/t16-,18+,23?,25+,26-/m1/s1. The van der Waals surface area contributed by atoms with Crippen LogP contribution in [0.25, 0.3) is 0 Å². The maximum absolute atomic E-state index is 14.0. The van der Waals surface area contributed by atoms with Crippen LogP contribution < -0.4 is 4.90 Å². The molecule has 5 nitrogen and oxygen atoms in total. The van der Waals surface area contributed by atoms with Gasteiger partial charge in [-0.25, -0.2) is 9.37 Å². The Kier molecular flexibility index (Phi) is 7.51. The van der Waals surface area contributed by atoms with Crippen molar-refractivity contribution >= 4 is 5.82 Å². The lowest BCUT2D eigenvalue weighted by atomic mass is 9.76. The van der Waals surface area contributed by atoms with Gasteiger partial charge in [-0.3, -0.25) is 4.98 Å². The third-order valence-electron chi connectivity index (χ3n) is 7.60. The summed E-state index contributed by atoms with van der Waals surface area (Å²) in [7, 11) is 0. The molecule has 0 spiro atoms. The molecule has 1 aromatic heterocycles. The third kappa shape index (κ3) is 5.78. The molecular weight excluding hydrogens is 543 g/mol. The summed E-state index contributed by atoms with van der Waals surface area (Å²) in [5, 5.41) is 0. The molecule has 0 saturated carbocycles. The third-order valence-corrected chi connectivity index (χ3v) is 7.60. The van der Waals surface area contributed by atoms with Gasteiger partial charge in [-0.2, -0.15) is 26.3 Å². The molecule has 3 heterocycles. The largest absolute Gasteiger partial charge is 0.416 e. The molecule has 0 N–H and O–H groups in total. The zero-order valence-electron chi connectivity index (χ0n) is 21.5. The van der Waals surface area contributed by atoms with Gasteiger partial charge in [0.25, 0.3) is 0 Å². The first kappa shape index (κ1) is 28.3. The number of hydrogen-bond acceptors (Lipinski definition) is 5. The molecule has 40 heavy (non-hydrogen) atoms. The van der Waals surface area contributed by atoms with E-state index in [0.717, 1.165) is 5.56 Å². The fraction of sp³-hybridized carbons (Fsp3) is 0.429. The van der Waals surface area contributed by atoms with Gasteiger partial charge in [0.15, 0.2) is 6.29 Å². The highest BCUT2D eigenvalue weighted by atomic mass is 19.4. The lowest BCUT2D eigenvalue weighted by Crippen LogP contribution is -2.42. The average Bonchev–Trinajstić information content (AvgIpc) is 3.33. The summed E-state index contributed by atoms with van der Waals surface area (Å²) in [6.07, 6.45) is -7.37. The van der Waals surface area contributed by atoms with Gasteiger partial charge in [-0.15, -0.1) is 0 Å². The molecule has 2 fully saturated rings. The SMILES string of the molecule is Cc1cc(F)ccc1[C@H]1C2CN(c3cnccn3)C[C@H]2CO[C@@H]1O[C@H](C)c1cc(C(F)(F)F)cc(C(F)(F)F)c1. The van der Waals surface area contributed by atoms with E-state index in [-0.39, 0.29) is 30.1 Å². The van der Waals surface area contributed by atoms with Crippen molar-refractivity contribution in [2.45, 2.75) is 44.5 Å². The fourth-order valence-corrected chi connectivity index (χ4v) is 5.65. The minimum atomic E-state index is -4.98. The van der Waals surface area contributed by atoms with E-state index >= 15 is 0 Å². The number of anilines is 1. The Morgan fingerprint density at radius 2 is 1.68 bits per heavy atom. The second-order valence-corrected chi connectivity index (χ2v) is 10.2. The number of rotatable bonds is 5. The number of benzene rings is 2. The van der Waals surface area contributed by atoms with E-state index in [4.69, 9.17) is 9.47 Å². The van der Waals surface area contributed by atoms with Crippen molar-refractivity contribution in [3.05, 3.63) is 88.6 Å². The Bertz CT molecular complexity index is 1320. The molecular formula is C28H26F7N3O2. The average molecular weight is 570 g/mol. The van der Waals surface area contributed by atoms with E-state index in [1.165, 1.54) is 19.1 Å². The molecule has 5 atom stereocenters. The van der Waals surface area contributed by atoms with Gasteiger partial charge in [0, 0.05) is 37.3 Å². The summed E-state index contributed by atoms with van der Waals surface area (Å²) in [4.78, 5) is 10.5. The van der Waals surface area contributed by atoms with Crippen molar-refractivity contribution < 1.29 is 40.2 Å². The van der Waals surface area contributed by atoms with Gasteiger partial charge in [0.05, 0.1) is 30.0 Å². The van der Waals surface area contributed by atoms with Gasteiger partial charge in [0.1, 0.15) is 11.6 Å². The maximum Gasteiger partial charge on any atom is 0.416 e. The molecule has 1 unspecified atom stereocenters. The summed E-state index contributed by atoms with van der Waals surface area (Å²) in [6, 6.07) is 5.72. The van der Waals surface area contributed by atoms with Crippen LogP contribution in [0, 0.1) is 24.6 Å². The molecule has 0 amide bonds. The second-order valence-electron chi connectivity index (χ2n) is 10.2. The molecule has 2 saturated heterocycles. The van der Waals surface area contributed by atoms with Crippen LogP contribution in [0.5, 0.6) is 0 Å². The molecule has 12 heteroatoms. The van der Waals surface area contributed by atoms with Gasteiger partial charge >= 0.3 is 12.4 Å². The van der Waals surface area contributed by atoms with Crippen molar-refractivity contribution in [2.75, 3.05) is 24.6 Å². The smallest absolute Gasteiger partial charge is 0.355 e. The fourth-order valence-electron chi connectivity index (χ4n) is 5.65. The van der Waals surface area contributed by atoms with E-state index in [1.807, 2.05) is 4.90 Å². The van der Waals surface area contributed by atoms with E-state index in [9.17, 15) is 30.7 Å². The highest BCUT2D eigenvalue weighted by Crippen LogP contribution is 2.47. The lowest BCUT2D eigenvalue weighted by molar-refractivity contribution is -0.217. The van der Waals surface area contributed by atoms with Crippen LogP contribution in [-0.2, 0) is 21.8 Å². The number of hydrogen-bond donors (Lipinski definition) is 0. The molecule has 214 valence electrons. The zero-order chi connectivity index (χ0) is 28.8. The highest BCUT2D eigenvalue weighted by Gasteiger charge is 2.48. The van der Waals surface area contributed by atoms with E-state index in [2.05, 4.69) is 9.97 Å². The van der Waals surface area contributed by atoms with E-state index in [1.54, 1.807) is 31.6 Å². The number of ether oxygens (including phenoxy) is 2. The Balaban J connectivity index is 1.48. The van der Waals surface area contributed by atoms with Crippen LogP contribution >= 0.6 is 0 Å². The number of alkyl halides is 6. The molecule has 3 aromatic rings. The normalized spacial score (nSPS) is 24.2. The predicted octanol–water partition coefficient (Wildman–Crippen LogP) is 6.93. The summed E-state index contributed by atoms with van der Waals surface area (Å²) in [5.74, 6) is -0.296. The van der Waals surface area contributed by atoms with Crippen molar-refractivity contribution in [1.82, 2.24) is 9.97 Å². The first-order valence-corrected chi connectivity index (χ1v) is 12.6. The molecule has 2 aliphatic heterocycles. The number of nitrogens with zero attached hydrogens (tertiary/aromatic N) is 3. The second kappa shape index (κ2) is 10.6. The van der Waals surface area contributed by atoms with E-state index < -0.39 is 47.6 Å². The Labute approximate surface area is 225 Å². The number of fused-ring (bicyclic) bond motifs is 1. The topological polar surface area (TPSA) is 47.5 Å². The van der Waals surface area contributed by atoms with Gasteiger partial charge in [-0.1, -0.05) is 6.07 Å². The van der Waals surface area contributed by atoms with E-state index in [0.29, 0.717) is 36.6 Å². The minimum Gasteiger partial charge on any atom is -0.355 e. The van der Waals surface area contributed by atoms with Crippen molar-refractivity contribution in [3.8, 4) is 0 Å². The molecule has 0 aliphatic carbocycles. The van der Waals surface area contributed by atoms with Crippen LogP contribution in [-0.4, -0.2) is 36.0 Å². The van der Waals surface area contributed by atoms with Crippen molar-refractivity contribution in [2.24, 2.45) is 11.8 Å². The Morgan fingerprint density at radius 3 is 2.27 bits per heavy atom. The van der Waals surface area contributed by atoms with Crippen LogP contribution in [0.2, 0.25) is 0 Å². The first-order valence-electron chi connectivity index (χ1n) is 12.6. The first-order chi connectivity index (χ1) is 18.8. The lowest BCUT2D eigenvalue weighted by Gasteiger charge is -2.41. The Hall–Kier alpha value is -3.25. The predicted molar refractivity (Wildman–Crippen MR) is 131 cm³/mol. The van der Waals surface area contributed by atoms with Crippen LogP contribution in [0.3, 0.4) is 0 Å². The number of halogens is 7. The summed E-state index contributed by atoms with van der Waals surface area (Å²) < 4.78 is 107. The summed E-state index contributed by atoms with van der Waals surface area (Å²) in [5.41, 5.74) is -1.76. The van der Waals surface area contributed by atoms with Crippen molar-refractivity contribution in [1.29, 1.82) is 0 Å². The quantitative estimate of drug-likeness (QED) is 0.312. The summed E-state index contributed by atoms with van der Waals surface area (Å²) >= 11 is 0. The molecule has 2 aliphatic rings. The molecule has 2 aromatic carbocycles. The monoisotopic (exact) mass is 569 g/mol. The van der Waals surface area contributed by atoms with Crippen LogP contribution in [0.15, 0.2) is 55.0 Å². The maximum atomic E-state index is 14.0. The number of aromatic nitrogens is 2. The highest BCUT2D eigenvalue weighted by molar-refractivity contribution is 5.40. The Morgan fingerprint density at radius 1 is 0.975 bits per heavy atom. The van der Waals surface area contributed by atoms with Gasteiger partial charge in [-0.05, 0) is 66.8 Å². The van der Waals surface area contributed by atoms with Crippen LogP contribution in [0.4, 0.5) is 36.6 Å². The van der Waals surface area contributed by atoms with Crippen LogP contribution in [0.1, 0.15) is 46.8 Å². The molecule has 0 bridgehead atoms. The minimum absolute atomic E-state index is 0.0250. The van der Waals surface area contributed by atoms with Crippen molar-refractivity contribution in [3.63, 3.8) is 0 Å². The van der Waals surface area contributed by atoms with Gasteiger partial charge in [0.2, 0.25) is 0 Å². The van der Waals surface area contributed by atoms with Gasteiger partial charge < -0.3 is 14.4 Å².